The van der Waals surface area contributed by atoms with Gasteiger partial charge in [-0.05, 0) is 49.6 Å². The minimum absolute atomic E-state index is 0.424. The van der Waals surface area contributed by atoms with Crippen LogP contribution >= 0.6 is 11.6 Å². The van der Waals surface area contributed by atoms with Crippen LogP contribution in [0.4, 0.5) is 0 Å². The molecule has 1 N–H and O–H groups in total. The van der Waals surface area contributed by atoms with E-state index in [2.05, 4.69) is 38.2 Å². The Morgan fingerprint density at radius 3 is 2.53 bits per heavy atom. The van der Waals surface area contributed by atoms with Crippen molar-refractivity contribution in [3.63, 3.8) is 0 Å². The molecular weight excluding hydrogens is 230 g/mol. The van der Waals surface area contributed by atoms with Gasteiger partial charge in [-0.1, -0.05) is 44.4 Å². The van der Waals surface area contributed by atoms with Crippen LogP contribution in [0.1, 0.15) is 50.3 Å². The predicted octanol–water partition coefficient (Wildman–Crippen LogP) is 4.74. The van der Waals surface area contributed by atoms with Crippen LogP contribution in [0.25, 0.3) is 0 Å². The molecule has 0 aliphatic rings. The maximum absolute atomic E-state index is 6.07. The summed E-state index contributed by atoms with van der Waals surface area (Å²) in [5, 5.41) is 4.23. The smallest absolute Gasteiger partial charge is 0.0409 e. The summed E-state index contributed by atoms with van der Waals surface area (Å²) >= 11 is 6.07. The molecule has 0 saturated heterocycles. The van der Waals surface area contributed by atoms with Gasteiger partial charge in [0.25, 0.3) is 0 Å². The van der Waals surface area contributed by atoms with Crippen molar-refractivity contribution in [2.24, 2.45) is 5.92 Å². The summed E-state index contributed by atoms with van der Waals surface area (Å²) in [6, 6.07) is 6.58. The van der Waals surface area contributed by atoms with Gasteiger partial charge in [-0.25, -0.2) is 0 Å². The molecule has 0 bridgehead atoms. The van der Waals surface area contributed by atoms with E-state index in [1.54, 1.807) is 0 Å². The molecule has 0 aliphatic heterocycles. The molecule has 0 radical (unpaired) electrons. The van der Waals surface area contributed by atoms with Crippen LogP contribution < -0.4 is 5.32 Å². The lowest BCUT2D eigenvalue weighted by Gasteiger charge is -2.19. The summed E-state index contributed by atoms with van der Waals surface area (Å²) in [6.45, 7) is 6.70. The van der Waals surface area contributed by atoms with Gasteiger partial charge >= 0.3 is 0 Å². The second-order valence-electron chi connectivity index (χ2n) is 5.17. The zero-order chi connectivity index (χ0) is 12.8. The quantitative estimate of drug-likeness (QED) is 0.773. The van der Waals surface area contributed by atoms with Crippen LogP contribution in [0.5, 0.6) is 0 Å². The van der Waals surface area contributed by atoms with Gasteiger partial charge in [-0.15, -0.1) is 0 Å². The Morgan fingerprint density at radius 2 is 1.94 bits per heavy atom. The van der Waals surface area contributed by atoms with E-state index >= 15 is 0 Å². The predicted molar refractivity (Wildman–Crippen MR) is 76.7 cm³/mol. The number of benzene rings is 1. The summed E-state index contributed by atoms with van der Waals surface area (Å²) in [5.41, 5.74) is 2.65. The van der Waals surface area contributed by atoms with E-state index in [9.17, 15) is 0 Å². The number of aryl methyl sites for hydroxylation is 1. The van der Waals surface area contributed by atoms with E-state index in [1.807, 2.05) is 13.1 Å². The molecule has 2 heteroatoms. The number of hydrogen-bond acceptors (Lipinski definition) is 1. The molecule has 17 heavy (non-hydrogen) atoms. The summed E-state index contributed by atoms with van der Waals surface area (Å²) in [5.74, 6) is 0.785. The first-order chi connectivity index (χ1) is 8.04. The highest BCUT2D eigenvalue weighted by atomic mass is 35.5. The van der Waals surface area contributed by atoms with Crippen LogP contribution in [-0.2, 0) is 0 Å². The van der Waals surface area contributed by atoms with E-state index in [1.165, 1.54) is 30.4 Å². The first kappa shape index (κ1) is 14.5. The summed E-state index contributed by atoms with van der Waals surface area (Å²) in [7, 11) is 2.03. The van der Waals surface area contributed by atoms with E-state index in [4.69, 9.17) is 11.6 Å². The maximum atomic E-state index is 6.07. The minimum atomic E-state index is 0.424. The Morgan fingerprint density at radius 1 is 1.24 bits per heavy atom. The Hall–Kier alpha value is -0.530. The normalized spacial score (nSPS) is 13.1. The molecule has 0 aromatic heterocycles. The molecule has 1 aromatic carbocycles. The van der Waals surface area contributed by atoms with Gasteiger partial charge in [0.15, 0.2) is 0 Å². The average Bonchev–Trinajstić information content (AvgIpc) is 2.28. The van der Waals surface area contributed by atoms with Gasteiger partial charge in [0, 0.05) is 11.1 Å². The summed E-state index contributed by atoms with van der Waals surface area (Å²) in [6.07, 6.45) is 3.72. The number of halogens is 1. The van der Waals surface area contributed by atoms with Crippen molar-refractivity contribution < 1.29 is 0 Å². The van der Waals surface area contributed by atoms with E-state index in [0.29, 0.717) is 6.04 Å². The van der Waals surface area contributed by atoms with Crippen LogP contribution in [0.2, 0.25) is 5.02 Å². The van der Waals surface area contributed by atoms with E-state index in [0.717, 1.165) is 10.9 Å². The molecule has 0 saturated carbocycles. The Kier molecular flexibility index (Phi) is 6.01. The fraction of sp³-hybridized carbons (Fsp3) is 0.600. The van der Waals surface area contributed by atoms with Crippen molar-refractivity contribution in [3.05, 3.63) is 34.3 Å². The molecule has 1 rings (SSSR count). The largest absolute Gasteiger partial charge is 0.313 e. The molecule has 1 unspecified atom stereocenters. The lowest BCUT2D eigenvalue weighted by atomic mass is 9.95. The monoisotopic (exact) mass is 253 g/mol. The fourth-order valence-corrected chi connectivity index (χ4v) is 2.35. The highest BCUT2D eigenvalue weighted by Gasteiger charge is 2.12. The number of rotatable bonds is 6. The van der Waals surface area contributed by atoms with Gasteiger partial charge in [-0.3, -0.25) is 0 Å². The third kappa shape index (κ3) is 4.69. The lowest BCUT2D eigenvalue weighted by Crippen LogP contribution is -2.17. The van der Waals surface area contributed by atoms with Gasteiger partial charge in [0.05, 0.1) is 0 Å². The fourth-order valence-electron chi connectivity index (χ4n) is 2.17. The molecule has 0 spiro atoms. The molecular formula is C15H24ClN. The van der Waals surface area contributed by atoms with Crippen LogP contribution in [0, 0.1) is 12.8 Å². The molecule has 1 atom stereocenters. The SMILES string of the molecule is CNC(CCCC(C)C)c1cc(Cl)ccc1C. The summed E-state index contributed by atoms with van der Waals surface area (Å²) < 4.78 is 0. The van der Waals surface area contributed by atoms with Crippen molar-refractivity contribution >= 4 is 11.6 Å². The standard InChI is InChI=1S/C15H24ClN/c1-11(2)6-5-7-15(17-4)14-10-13(16)9-8-12(14)3/h8-11,15,17H,5-7H2,1-4H3. The Labute approximate surface area is 111 Å². The maximum Gasteiger partial charge on any atom is 0.0409 e. The van der Waals surface area contributed by atoms with E-state index < -0.39 is 0 Å². The zero-order valence-electron chi connectivity index (χ0n) is 11.4. The molecule has 1 nitrogen and oxygen atoms in total. The van der Waals surface area contributed by atoms with Crippen molar-refractivity contribution in [1.82, 2.24) is 5.32 Å². The first-order valence-corrected chi connectivity index (χ1v) is 6.85. The highest BCUT2D eigenvalue weighted by molar-refractivity contribution is 6.30. The Balaban J connectivity index is 2.68. The average molecular weight is 254 g/mol. The Bertz CT molecular complexity index is 347. The third-order valence-electron chi connectivity index (χ3n) is 3.24. The number of hydrogen-bond donors (Lipinski definition) is 1. The number of nitrogens with one attached hydrogen (secondary N) is 1. The topological polar surface area (TPSA) is 12.0 Å². The molecule has 0 fully saturated rings. The molecule has 1 aromatic rings. The van der Waals surface area contributed by atoms with Crippen LogP contribution in [-0.4, -0.2) is 7.05 Å². The van der Waals surface area contributed by atoms with Gasteiger partial charge in [0.1, 0.15) is 0 Å². The molecule has 96 valence electrons. The zero-order valence-corrected chi connectivity index (χ0v) is 12.1. The highest BCUT2D eigenvalue weighted by Crippen LogP contribution is 2.26. The van der Waals surface area contributed by atoms with Crippen molar-refractivity contribution in [1.29, 1.82) is 0 Å². The lowest BCUT2D eigenvalue weighted by molar-refractivity contribution is 0.469. The van der Waals surface area contributed by atoms with Crippen molar-refractivity contribution in [2.75, 3.05) is 7.05 Å². The van der Waals surface area contributed by atoms with Crippen LogP contribution in [0.3, 0.4) is 0 Å². The second-order valence-corrected chi connectivity index (χ2v) is 5.60. The molecule has 0 heterocycles. The van der Waals surface area contributed by atoms with Crippen molar-refractivity contribution in [2.45, 2.75) is 46.1 Å². The van der Waals surface area contributed by atoms with Gasteiger partial charge in [0.2, 0.25) is 0 Å². The molecule has 0 aliphatic carbocycles. The van der Waals surface area contributed by atoms with Crippen molar-refractivity contribution in [3.8, 4) is 0 Å². The van der Waals surface area contributed by atoms with Crippen LogP contribution in [0.15, 0.2) is 18.2 Å². The molecule has 0 amide bonds. The second kappa shape index (κ2) is 7.03. The van der Waals surface area contributed by atoms with E-state index in [-0.39, 0.29) is 0 Å². The first-order valence-electron chi connectivity index (χ1n) is 6.48. The van der Waals surface area contributed by atoms with Gasteiger partial charge in [-0.2, -0.15) is 0 Å². The third-order valence-corrected chi connectivity index (χ3v) is 3.47. The minimum Gasteiger partial charge on any atom is -0.313 e. The summed E-state index contributed by atoms with van der Waals surface area (Å²) in [4.78, 5) is 0. The van der Waals surface area contributed by atoms with Gasteiger partial charge < -0.3 is 5.32 Å².